The normalized spacial score (nSPS) is 18.1. The smallest absolute Gasteiger partial charge is 0.337 e. The van der Waals surface area contributed by atoms with Crippen LogP contribution in [0.15, 0.2) is 53.2 Å². The fraction of sp³-hybridized carbons (Fsp3) is 0.367. The number of halogens is 1. The van der Waals surface area contributed by atoms with Crippen LogP contribution >= 0.6 is 11.6 Å². The van der Waals surface area contributed by atoms with E-state index in [-0.39, 0.29) is 23.9 Å². The van der Waals surface area contributed by atoms with E-state index in [2.05, 4.69) is 20.5 Å². The van der Waals surface area contributed by atoms with Gasteiger partial charge in [-0.2, -0.15) is 0 Å². The molecule has 0 radical (unpaired) electrons. The summed E-state index contributed by atoms with van der Waals surface area (Å²) in [5.41, 5.74) is 2.25. The first-order chi connectivity index (χ1) is 20.0. The first kappa shape index (κ1) is 30.9. The minimum absolute atomic E-state index is 0.0279. The number of hydrogen-bond donors (Lipinski definition) is 4. The highest BCUT2D eigenvalue weighted by Crippen LogP contribution is 2.28. The Hall–Kier alpha value is -4.06. The lowest BCUT2D eigenvalue weighted by molar-refractivity contribution is -0.124. The molecule has 0 spiro atoms. The molecular weight excluding hydrogens is 560 g/mol. The number of carbonyl (C=O) groups excluding carboxylic acids is 3. The maximum atomic E-state index is 13.2. The molecule has 2 amide bonds. The first-order valence-corrected chi connectivity index (χ1v) is 13.9. The summed E-state index contributed by atoms with van der Waals surface area (Å²) in [7, 11) is 3.02. The maximum Gasteiger partial charge on any atom is 0.337 e. The van der Waals surface area contributed by atoms with Crippen LogP contribution in [0.2, 0.25) is 5.02 Å². The number of β-amino-alcohol motifs (C(OH)–C–C–N with tert-alkyl or cyclic N) is 1. The van der Waals surface area contributed by atoms with Crippen LogP contribution in [0.3, 0.4) is 0 Å². The van der Waals surface area contributed by atoms with E-state index in [1.807, 2.05) is 24.3 Å². The highest BCUT2D eigenvalue weighted by Gasteiger charge is 2.38. The van der Waals surface area contributed by atoms with Crippen LogP contribution in [0, 0.1) is 5.41 Å². The monoisotopic (exact) mass is 594 g/mol. The zero-order valence-corrected chi connectivity index (χ0v) is 24.6. The molecule has 0 saturated carbocycles. The second kappa shape index (κ2) is 13.3. The van der Waals surface area contributed by atoms with Gasteiger partial charge in [0.15, 0.2) is 0 Å². The molecule has 0 aromatic heterocycles. The molecule has 4 N–H and O–H groups in total. The number of esters is 1. The zero-order valence-electron chi connectivity index (χ0n) is 23.9. The van der Waals surface area contributed by atoms with Gasteiger partial charge in [0.25, 0.3) is 5.91 Å². The third kappa shape index (κ3) is 7.22. The molecule has 0 bridgehead atoms. The van der Waals surface area contributed by atoms with Crippen LogP contribution in [-0.2, 0) is 27.4 Å². The lowest BCUT2D eigenvalue weighted by Gasteiger charge is -2.40. The van der Waals surface area contributed by atoms with Crippen LogP contribution < -0.4 is 10.6 Å². The minimum atomic E-state index is -1.13. The molecular formula is C30H35ClN6O5. The summed E-state index contributed by atoms with van der Waals surface area (Å²) in [6.45, 7) is 3.60. The van der Waals surface area contributed by atoms with Gasteiger partial charge in [-0.05, 0) is 41.7 Å². The average molecular weight is 595 g/mol. The van der Waals surface area contributed by atoms with Crippen molar-refractivity contribution in [2.24, 2.45) is 4.99 Å². The topological polar surface area (TPSA) is 147 Å². The Labute approximate surface area is 249 Å². The predicted octanol–water partition coefficient (Wildman–Crippen LogP) is 2.57. The van der Waals surface area contributed by atoms with Crippen molar-refractivity contribution in [3.05, 3.63) is 75.4 Å². The number of carbonyl (C=O) groups is 3. The minimum Gasteiger partial charge on any atom is -0.465 e. The van der Waals surface area contributed by atoms with Crippen molar-refractivity contribution in [1.29, 1.82) is 5.41 Å². The molecule has 1 saturated heterocycles. The molecule has 222 valence electrons. The van der Waals surface area contributed by atoms with Gasteiger partial charge in [0, 0.05) is 45.2 Å². The Morgan fingerprint density at radius 3 is 2.40 bits per heavy atom. The summed E-state index contributed by atoms with van der Waals surface area (Å²) in [6, 6.07) is 12.5. The zero-order chi connectivity index (χ0) is 30.4. The highest BCUT2D eigenvalue weighted by atomic mass is 35.5. The maximum absolute atomic E-state index is 13.2. The van der Waals surface area contributed by atoms with Crippen molar-refractivity contribution in [3.63, 3.8) is 0 Å². The van der Waals surface area contributed by atoms with E-state index in [4.69, 9.17) is 21.7 Å². The standard InChI is InChI=1S/C30H35ClN6O5/c1-19(38)34-15-20-4-6-21(7-5-20)26(33-2)27-25(32)28(39)37(18-35-27)17-30(41)10-12-36(13-11-30)16-23-9-8-22(14-24(23)31)29(40)42-3/h4-9,14,18,32-33,41H,10-13,15-17H2,1-3H3,(H,34,38)/b27-26+,32-25?. The van der Waals surface area contributed by atoms with E-state index in [1.165, 1.54) is 25.3 Å². The van der Waals surface area contributed by atoms with Gasteiger partial charge in [-0.3, -0.25) is 24.8 Å². The first-order valence-electron chi connectivity index (χ1n) is 13.5. The van der Waals surface area contributed by atoms with Crippen LogP contribution in [0.5, 0.6) is 0 Å². The number of hydrogen-bond acceptors (Lipinski definition) is 9. The molecule has 2 aliphatic heterocycles. The lowest BCUT2D eigenvalue weighted by atomic mass is 9.90. The average Bonchev–Trinajstić information content (AvgIpc) is 2.98. The summed E-state index contributed by atoms with van der Waals surface area (Å²) in [5.74, 6) is -1.10. The molecule has 1 fully saturated rings. The summed E-state index contributed by atoms with van der Waals surface area (Å²) in [5, 5.41) is 26.1. The molecule has 0 atom stereocenters. The predicted molar refractivity (Wildman–Crippen MR) is 160 cm³/mol. The highest BCUT2D eigenvalue weighted by molar-refractivity contribution is 6.47. The number of rotatable bonds is 9. The van der Waals surface area contributed by atoms with Crippen molar-refractivity contribution in [2.75, 3.05) is 33.8 Å². The molecule has 2 aromatic rings. The molecule has 42 heavy (non-hydrogen) atoms. The molecule has 0 unspecified atom stereocenters. The van der Waals surface area contributed by atoms with E-state index in [1.54, 1.807) is 25.2 Å². The van der Waals surface area contributed by atoms with Crippen molar-refractivity contribution in [1.82, 2.24) is 20.4 Å². The summed E-state index contributed by atoms with van der Waals surface area (Å²) in [4.78, 5) is 44.0. The molecule has 2 aromatic carbocycles. The number of methoxy groups -OCH3 is 1. The summed E-state index contributed by atoms with van der Waals surface area (Å²) >= 11 is 6.39. The van der Waals surface area contributed by atoms with Crippen LogP contribution in [-0.4, -0.2) is 84.1 Å². The summed E-state index contributed by atoms with van der Waals surface area (Å²) < 4.78 is 4.74. The van der Waals surface area contributed by atoms with E-state index >= 15 is 0 Å². The van der Waals surface area contributed by atoms with Gasteiger partial charge >= 0.3 is 5.97 Å². The molecule has 2 heterocycles. The number of amides is 2. The Kier molecular flexibility index (Phi) is 9.77. The number of ether oxygens (including phenoxy) is 1. The van der Waals surface area contributed by atoms with E-state index in [9.17, 15) is 19.5 Å². The number of nitrogens with zero attached hydrogens (tertiary/aromatic N) is 3. The quantitative estimate of drug-likeness (QED) is 0.326. The second-order valence-electron chi connectivity index (χ2n) is 10.4. The Balaban J connectivity index is 1.39. The van der Waals surface area contributed by atoms with Gasteiger partial charge < -0.3 is 20.5 Å². The number of aliphatic hydroxyl groups is 1. The van der Waals surface area contributed by atoms with Crippen LogP contribution in [0.1, 0.15) is 46.8 Å². The second-order valence-corrected chi connectivity index (χ2v) is 10.8. The number of likely N-dealkylation sites (tertiary alicyclic amines) is 1. The van der Waals surface area contributed by atoms with E-state index < -0.39 is 17.5 Å². The fourth-order valence-electron chi connectivity index (χ4n) is 4.97. The van der Waals surface area contributed by atoms with Crippen molar-refractivity contribution in [3.8, 4) is 0 Å². The van der Waals surface area contributed by atoms with Gasteiger partial charge in [-0.25, -0.2) is 9.79 Å². The van der Waals surface area contributed by atoms with Crippen molar-refractivity contribution < 1.29 is 24.2 Å². The number of aliphatic imine (C=N–C) groups is 1. The van der Waals surface area contributed by atoms with E-state index in [0.717, 1.165) is 16.7 Å². The Bertz CT molecular complexity index is 1430. The van der Waals surface area contributed by atoms with Gasteiger partial charge in [-0.15, -0.1) is 0 Å². The lowest BCUT2D eigenvalue weighted by Crippen LogP contribution is -2.53. The van der Waals surface area contributed by atoms with Crippen LogP contribution in [0.4, 0.5) is 0 Å². The van der Waals surface area contributed by atoms with Gasteiger partial charge in [-0.1, -0.05) is 41.9 Å². The van der Waals surface area contributed by atoms with Gasteiger partial charge in [0.2, 0.25) is 5.91 Å². The van der Waals surface area contributed by atoms with E-state index in [0.29, 0.717) is 55.3 Å². The van der Waals surface area contributed by atoms with Crippen LogP contribution in [0.25, 0.3) is 5.70 Å². The van der Waals surface area contributed by atoms with Gasteiger partial charge in [0.1, 0.15) is 11.4 Å². The Morgan fingerprint density at radius 1 is 1.14 bits per heavy atom. The fourth-order valence-corrected chi connectivity index (χ4v) is 5.21. The third-order valence-electron chi connectivity index (χ3n) is 7.43. The third-order valence-corrected chi connectivity index (χ3v) is 7.78. The molecule has 12 heteroatoms. The SMILES string of the molecule is CN/C(=C1/N=CN(CC2(O)CCN(Cc3ccc(C(=O)OC)cc3Cl)CC2)C(=O)C1=N)c1ccc(CNC(C)=O)cc1. The molecule has 4 rings (SSSR count). The Morgan fingerprint density at radius 2 is 1.81 bits per heavy atom. The van der Waals surface area contributed by atoms with Crippen molar-refractivity contribution >= 4 is 47.1 Å². The largest absolute Gasteiger partial charge is 0.465 e. The molecule has 0 aliphatic carbocycles. The molecule has 11 nitrogen and oxygen atoms in total. The van der Waals surface area contributed by atoms with Gasteiger partial charge in [0.05, 0.1) is 36.9 Å². The number of benzene rings is 2. The number of nitrogens with one attached hydrogen (secondary N) is 3. The number of piperidine rings is 1. The molecule has 2 aliphatic rings. The van der Waals surface area contributed by atoms with Crippen molar-refractivity contribution in [2.45, 2.75) is 38.5 Å². The summed E-state index contributed by atoms with van der Waals surface area (Å²) in [6.07, 6.45) is 2.22.